The van der Waals surface area contributed by atoms with E-state index in [4.69, 9.17) is 0 Å². The maximum Gasteiger partial charge on any atom is 0.323 e. The summed E-state index contributed by atoms with van der Waals surface area (Å²) < 4.78 is 0. The van der Waals surface area contributed by atoms with Crippen LogP contribution in [0.2, 0.25) is 0 Å². The van der Waals surface area contributed by atoms with E-state index >= 15 is 0 Å². The average molecular weight is 288 g/mol. The molecule has 1 unspecified atom stereocenters. The lowest BCUT2D eigenvalue weighted by atomic mass is 10.00. The van der Waals surface area contributed by atoms with Gasteiger partial charge in [-0.3, -0.25) is 24.2 Å². The Labute approximate surface area is 122 Å². The summed E-state index contributed by atoms with van der Waals surface area (Å²) in [5.74, 6) is -1.62. The van der Waals surface area contributed by atoms with Gasteiger partial charge in [-0.1, -0.05) is 12.1 Å². The van der Waals surface area contributed by atoms with Gasteiger partial charge in [0.25, 0.3) is 11.8 Å². The van der Waals surface area contributed by atoms with Crippen LogP contribution in [0, 0.1) is 0 Å². The van der Waals surface area contributed by atoms with E-state index < -0.39 is 11.5 Å². The molecule has 6 heteroatoms. The van der Waals surface area contributed by atoms with Crippen molar-refractivity contribution in [1.29, 1.82) is 0 Å². The van der Waals surface area contributed by atoms with Crippen molar-refractivity contribution in [2.45, 2.75) is 25.3 Å². The third-order valence-electron chi connectivity index (χ3n) is 4.44. The molecular weight excluding hydrogens is 272 g/mol. The normalized spacial score (nSPS) is 25.5. The highest BCUT2D eigenvalue weighted by Gasteiger charge is 2.46. The van der Waals surface area contributed by atoms with Crippen LogP contribution in [0.3, 0.4) is 0 Å². The minimum absolute atomic E-state index is 0.0230. The molecule has 2 heterocycles. The van der Waals surface area contributed by atoms with Crippen LogP contribution in [0.15, 0.2) is 24.3 Å². The summed E-state index contributed by atoms with van der Waals surface area (Å²) in [6, 6.07) is 6.67. The summed E-state index contributed by atoms with van der Waals surface area (Å²) in [5.41, 5.74) is -0.243. The highest BCUT2D eigenvalue weighted by molar-refractivity contribution is 6.21. The third-order valence-corrected chi connectivity index (χ3v) is 4.44. The van der Waals surface area contributed by atoms with Gasteiger partial charge in [0.05, 0.1) is 17.8 Å². The molecule has 110 valence electrons. The number of hydrogen-bond donors (Lipinski definition) is 1. The summed E-state index contributed by atoms with van der Waals surface area (Å²) in [5, 5.41) is 9.39. The van der Waals surface area contributed by atoms with Gasteiger partial charge in [-0.05, 0) is 31.9 Å². The second-order valence-corrected chi connectivity index (χ2v) is 5.67. The summed E-state index contributed by atoms with van der Waals surface area (Å²) in [4.78, 5) is 38.9. The lowest BCUT2D eigenvalue weighted by Gasteiger charge is -2.33. The molecule has 21 heavy (non-hydrogen) atoms. The quantitative estimate of drug-likeness (QED) is 0.845. The smallest absolute Gasteiger partial charge is 0.323 e. The fourth-order valence-corrected chi connectivity index (χ4v) is 3.03. The number of carboxylic acids is 1. The number of likely N-dealkylation sites (tertiary alicyclic amines) is 1. The van der Waals surface area contributed by atoms with Gasteiger partial charge >= 0.3 is 5.97 Å². The van der Waals surface area contributed by atoms with E-state index in [1.165, 1.54) is 0 Å². The average Bonchev–Trinajstić information content (AvgIpc) is 2.95. The molecule has 1 fully saturated rings. The van der Waals surface area contributed by atoms with Crippen molar-refractivity contribution in [3.63, 3.8) is 0 Å². The van der Waals surface area contributed by atoms with E-state index in [1.807, 2.05) is 0 Å². The second-order valence-electron chi connectivity index (χ2n) is 5.67. The molecular formula is C15H16N2O4. The van der Waals surface area contributed by atoms with Crippen LogP contribution in [0.1, 0.15) is 40.5 Å². The largest absolute Gasteiger partial charge is 0.480 e. The van der Waals surface area contributed by atoms with Gasteiger partial charge in [0.1, 0.15) is 5.54 Å². The monoisotopic (exact) mass is 288 g/mol. The van der Waals surface area contributed by atoms with E-state index in [0.29, 0.717) is 24.1 Å². The van der Waals surface area contributed by atoms with Crippen molar-refractivity contribution in [3.05, 3.63) is 35.4 Å². The Hall–Kier alpha value is -2.21. The molecule has 0 radical (unpaired) electrons. The first-order valence-corrected chi connectivity index (χ1v) is 6.89. The summed E-state index contributed by atoms with van der Waals surface area (Å²) in [6.45, 7) is 2.23. The predicted octanol–water partition coefficient (Wildman–Crippen LogP) is 1.18. The van der Waals surface area contributed by atoms with E-state index in [2.05, 4.69) is 0 Å². The molecule has 0 aliphatic carbocycles. The number of aliphatic carboxylic acids is 1. The zero-order valence-corrected chi connectivity index (χ0v) is 11.7. The number of fused-ring (bicyclic) bond motifs is 1. The number of nitrogens with zero attached hydrogens (tertiary/aromatic N) is 2. The van der Waals surface area contributed by atoms with Gasteiger partial charge in [0.2, 0.25) is 0 Å². The van der Waals surface area contributed by atoms with Crippen LogP contribution in [0.4, 0.5) is 0 Å². The number of carbonyl (C=O) groups excluding carboxylic acids is 2. The topological polar surface area (TPSA) is 77.9 Å². The number of benzene rings is 1. The number of rotatable bonds is 3. The van der Waals surface area contributed by atoms with Gasteiger partial charge in [0.15, 0.2) is 0 Å². The molecule has 2 aliphatic heterocycles. The maximum atomic E-state index is 12.3. The molecule has 0 saturated carbocycles. The molecule has 1 aromatic carbocycles. The molecule has 6 nitrogen and oxygen atoms in total. The Bertz CT molecular complexity index is 607. The Morgan fingerprint density at radius 3 is 2.33 bits per heavy atom. The van der Waals surface area contributed by atoms with Crippen LogP contribution < -0.4 is 0 Å². The molecule has 1 atom stereocenters. The third kappa shape index (κ3) is 1.94. The van der Waals surface area contributed by atoms with Crippen LogP contribution in [0.25, 0.3) is 0 Å². The summed E-state index contributed by atoms with van der Waals surface area (Å²) in [6.07, 6.45) is 1.26. The second kappa shape index (κ2) is 4.66. The minimum atomic E-state index is -1.02. The Morgan fingerprint density at radius 2 is 1.81 bits per heavy atom. The van der Waals surface area contributed by atoms with Gasteiger partial charge in [-0.2, -0.15) is 0 Å². The molecule has 0 bridgehead atoms. The molecule has 1 aromatic rings. The van der Waals surface area contributed by atoms with Crippen molar-refractivity contribution < 1.29 is 19.5 Å². The SMILES string of the molecule is CC1(C(=O)O)CCCN1CN1C(=O)c2ccccc2C1=O. The first-order valence-electron chi connectivity index (χ1n) is 6.89. The van der Waals surface area contributed by atoms with E-state index in [9.17, 15) is 19.5 Å². The molecule has 2 aliphatic rings. The van der Waals surface area contributed by atoms with Crippen LogP contribution in [-0.2, 0) is 4.79 Å². The zero-order valence-electron chi connectivity index (χ0n) is 11.7. The Kier molecular flexibility index (Phi) is 3.06. The first kappa shape index (κ1) is 13.8. The van der Waals surface area contributed by atoms with E-state index in [0.717, 1.165) is 11.3 Å². The number of carboxylic acid groups (broad SMARTS) is 1. The molecule has 3 rings (SSSR count). The van der Waals surface area contributed by atoms with Gasteiger partial charge < -0.3 is 5.11 Å². The highest BCUT2D eigenvalue weighted by Crippen LogP contribution is 2.31. The molecule has 1 N–H and O–H groups in total. The maximum absolute atomic E-state index is 12.3. The summed E-state index contributed by atoms with van der Waals surface area (Å²) in [7, 11) is 0. The van der Waals surface area contributed by atoms with Crippen molar-refractivity contribution in [3.8, 4) is 0 Å². The zero-order chi connectivity index (χ0) is 15.2. The van der Waals surface area contributed by atoms with Crippen LogP contribution in [-0.4, -0.2) is 51.4 Å². The van der Waals surface area contributed by atoms with Gasteiger partial charge in [-0.25, -0.2) is 0 Å². The fraction of sp³-hybridized carbons (Fsp3) is 0.400. The Balaban J connectivity index is 1.86. The molecule has 1 saturated heterocycles. The van der Waals surface area contributed by atoms with E-state index in [-0.39, 0.29) is 18.5 Å². The highest BCUT2D eigenvalue weighted by atomic mass is 16.4. The first-order chi connectivity index (χ1) is 9.95. The van der Waals surface area contributed by atoms with Gasteiger partial charge in [-0.15, -0.1) is 0 Å². The van der Waals surface area contributed by atoms with E-state index in [1.54, 1.807) is 36.1 Å². The number of imide groups is 1. The van der Waals surface area contributed by atoms with Crippen LogP contribution in [0.5, 0.6) is 0 Å². The Morgan fingerprint density at radius 1 is 1.24 bits per heavy atom. The van der Waals surface area contributed by atoms with Crippen molar-refractivity contribution in [1.82, 2.24) is 9.80 Å². The van der Waals surface area contributed by atoms with Crippen molar-refractivity contribution >= 4 is 17.8 Å². The molecule has 2 amide bonds. The predicted molar refractivity (Wildman–Crippen MR) is 73.8 cm³/mol. The molecule has 0 aromatic heterocycles. The number of amides is 2. The van der Waals surface area contributed by atoms with Gasteiger partial charge in [0, 0.05) is 6.54 Å². The lowest BCUT2D eigenvalue weighted by Crippen LogP contribution is -2.53. The lowest BCUT2D eigenvalue weighted by molar-refractivity contribution is -0.149. The fourth-order valence-electron chi connectivity index (χ4n) is 3.03. The number of hydrogen-bond acceptors (Lipinski definition) is 4. The summed E-state index contributed by atoms with van der Waals surface area (Å²) >= 11 is 0. The van der Waals surface area contributed by atoms with Crippen molar-refractivity contribution in [2.24, 2.45) is 0 Å². The van der Waals surface area contributed by atoms with Crippen molar-refractivity contribution in [2.75, 3.05) is 13.2 Å². The minimum Gasteiger partial charge on any atom is -0.480 e. The molecule has 0 spiro atoms. The number of carbonyl (C=O) groups is 3. The standard InChI is InChI=1S/C15H16N2O4/c1-15(14(20)21)7-4-8-16(15)9-17-12(18)10-5-2-3-6-11(10)13(17)19/h2-3,5-6H,4,7-9H2,1H3,(H,20,21). The van der Waals surface area contributed by atoms with Crippen LogP contribution >= 0.6 is 0 Å².